The smallest absolute Gasteiger partial charge is 0.258 e. The van der Waals surface area contributed by atoms with Gasteiger partial charge in [0.15, 0.2) is 24.3 Å². The molecule has 0 aromatic heterocycles. The number of carbonyl (C=O) groups is 2. The standard InChI is InChI=1S/C17H16N2O5/c1-22-14-8-10(6-7-13(14)23-9-15(18)20)17-19-16(21)11-4-2-3-5-12(11)24-17/h2-8,17H,9H2,1H3,(H2,18,20)(H,19,21)/t17-/m0/s1. The predicted molar refractivity (Wildman–Crippen MR) is 85.0 cm³/mol. The summed E-state index contributed by atoms with van der Waals surface area (Å²) in [5.41, 5.74) is 6.24. The van der Waals surface area contributed by atoms with Crippen molar-refractivity contribution in [2.24, 2.45) is 5.73 Å². The first-order valence-electron chi connectivity index (χ1n) is 7.24. The monoisotopic (exact) mass is 328 g/mol. The Hall–Kier alpha value is -3.22. The predicted octanol–water partition coefficient (Wildman–Crippen LogP) is 1.38. The molecule has 2 amide bonds. The molecule has 24 heavy (non-hydrogen) atoms. The molecular formula is C17H16N2O5. The average Bonchev–Trinajstić information content (AvgIpc) is 2.59. The van der Waals surface area contributed by atoms with Gasteiger partial charge in [-0.25, -0.2) is 0 Å². The van der Waals surface area contributed by atoms with Crippen LogP contribution in [0.5, 0.6) is 17.2 Å². The van der Waals surface area contributed by atoms with Gasteiger partial charge < -0.3 is 25.3 Å². The summed E-state index contributed by atoms with van der Waals surface area (Å²) in [5.74, 6) is 0.503. The lowest BCUT2D eigenvalue weighted by atomic mass is 10.1. The van der Waals surface area contributed by atoms with Crippen LogP contribution < -0.4 is 25.3 Å². The lowest BCUT2D eigenvalue weighted by Crippen LogP contribution is -2.36. The summed E-state index contributed by atoms with van der Waals surface area (Å²) in [6.45, 7) is -0.250. The molecule has 0 saturated carbocycles. The zero-order valence-corrected chi connectivity index (χ0v) is 12.9. The molecule has 0 bridgehead atoms. The molecule has 0 saturated heterocycles. The molecule has 124 valence electrons. The van der Waals surface area contributed by atoms with Gasteiger partial charge in [-0.3, -0.25) is 9.59 Å². The molecule has 2 aromatic carbocycles. The highest BCUT2D eigenvalue weighted by atomic mass is 16.5. The van der Waals surface area contributed by atoms with Crippen molar-refractivity contribution in [3.8, 4) is 17.2 Å². The van der Waals surface area contributed by atoms with Crippen molar-refractivity contribution >= 4 is 11.8 Å². The lowest BCUT2D eigenvalue weighted by molar-refractivity contribution is -0.119. The van der Waals surface area contributed by atoms with E-state index in [-0.39, 0.29) is 12.5 Å². The van der Waals surface area contributed by atoms with E-state index in [1.54, 1.807) is 42.5 Å². The van der Waals surface area contributed by atoms with Gasteiger partial charge >= 0.3 is 0 Å². The maximum absolute atomic E-state index is 12.2. The van der Waals surface area contributed by atoms with Gasteiger partial charge in [-0.05, 0) is 30.3 Å². The minimum atomic E-state index is -0.647. The molecule has 0 spiro atoms. The number of hydrogen-bond acceptors (Lipinski definition) is 5. The Labute approximate surface area is 138 Å². The Morgan fingerprint density at radius 3 is 2.79 bits per heavy atom. The van der Waals surface area contributed by atoms with E-state index in [9.17, 15) is 9.59 Å². The lowest BCUT2D eigenvalue weighted by Gasteiger charge is -2.27. The van der Waals surface area contributed by atoms with Crippen molar-refractivity contribution in [2.45, 2.75) is 6.23 Å². The number of hydrogen-bond donors (Lipinski definition) is 2. The summed E-state index contributed by atoms with van der Waals surface area (Å²) in [5, 5.41) is 2.78. The Morgan fingerprint density at radius 1 is 1.25 bits per heavy atom. The highest BCUT2D eigenvalue weighted by Crippen LogP contribution is 2.34. The largest absolute Gasteiger partial charge is 0.493 e. The van der Waals surface area contributed by atoms with Crippen LogP contribution in [0, 0.1) is 0 Å². The fourth-order valence-corrected chi connectivity index (χ4v) is 2.38. The van der Waals surface area contributed by atoms with Crippen molar-refractivity contribution in [2.75, 3.05) is 13.7 Å². The van der Waals surface area contributed by atoms with Gasteiger partial charge in [0.1, 0.15) is 5.75 Å². The number of carbonyl (C=O) groups excluding carboxylic acids is 2. The fraction of sp³-hybridized carbons (Fsp3) is 0.176. The summed E-state index contributed by atoms with van der Waals surface area (Å²) >= 11 is 0. The number of nitrogens with one attached hydrogen (secondary N) is 1. The van der Waals surface area contributed by atoms with Crippen LogP contribution in [0.4, 0.5) is 0 Å². The van der Waals surface area contributed by atoms with Crippen molar-refractivity contribution in [3.63, 3.8) is 0 Å². The Balaban J connectivity index is 1.85. The number of fused-ring (bicyclic) bond motifs is 1. The molecule has 0 fully saturated rings. The topological polar surface area (TPSA) is 99.9 Å². The second-order valence-electron chi connectivity index (χ2n) is 5.13. The van der Waals surface area contributed by atoms with Crippen molar-refractivity contribution in [3.05, 3.63) is 53.6 Å². The van der Waals surface area contributed by atoms with Crippen LogP contribution in [0.3, 0.4) is 0 Å². The second-order valence-corrected chi connectivity index (χ2v) is 5.13. The van der Waals surface area contributed by atoms with Gasteiger partial charge in [0, 0.05) is 5.56 Å². The molecule has 3 N–H and O–H groups in total. The van der Waals surface area contributed by atoms with Crippen LogP contribution in [0.1, 0.15) is 22.1 Å². The first-order valence-corrected chi connectivity index (χ1v) is 7.24. The van der Waals surface area contributed by atoms with Crippen LogP contribution >= 0.6 is 0 Å². The van der Waals surface area contributed by atoms with Gasteiger partial charge in [-0.15, -0.1) is 0 Å². The molecule has 2 aromatic rings. The van der Waals surface area contributed by atoms with Gasteiger partial charge in [0.05, 0.1) is 12.7 Å². The van der Waals surface area contributed by atoms with Crippen LogP contribution in [-0.4, -0.2) is 25.5 Å². The first-order chi connectivity index (χ1) is 11.6. The number of amides is 2. The van der Waals surface area contributed by atoms with Crippen molar-refractivity contribution < 1.29 is 23.8 Å². The first kappa shape index (κ1) is 15.7. The summed E-state index contributed by atoms with van der Waals surface area (Å²) in [6.07, 6.45) is -0.647. The van der Waals surface area contributed by atoms with E-state index in [1.165, 1.54) is 7.11 Å². The van der Waals surface area contributed by atoms with Crippen LogP contribution in [0.2, 0.25) is 0 Å². The van der Waals surface area contributed by atoms with Crippen molar-refractivity contribution in [1.29, 1.82) is 0 Å². The highest BCUT2D eigenvalue weighted by Gasteiger charge is 2.26. The molecule has 1 aliphatic heterocycles. The Bertz CT molecular complexity index is 790. The SMILES string of the molecule is COc1cc([C@H]2NC(=O)c3ccccc3O2)ccc1OCC(N)=O. The summed E-state index contributed by atoms with van der Waals surface area (Å²) < 4.78 is 16.4. The van der Waals surface area contributed by atoms with E-state index < -0.39 is 12.1 Å². The molecule has 0 unspecified atom stereocenters. The summed E-state index contributed by atoms with van der Waals surface area (Å²) in [6, 6.07) is 12.0. The molecule has 7 heteroatoms. The number of ether oxygens (including phenoxy) is 3. The Morgan fingerprint density at radius 2 is 2.04 bits per heavy atom. The van der Waals surface area contributed by atoms with E-state index in [4.69, 9.17) is 19.9 Å². The molecule has 1 heterocycles. The quantitative estimate of drug-likeness (QED) is 0.864. The number of para-hydroxylation sites is 1. The molecule has 7 nitrogen and oxygen atoms in total. The summed E-state index contributed by atoms with van der Waals surface area (Å²) in [4.78, 5) is 23.0. The zero-order chi connectivity index (χ0) is 17.1. The molecule has 1 aliphatic rings. The minimum absolute atomic E-state index is 0.213. The normalized spacial score (nSPS) is 15.7. The minimum Gasteiger partial charge on any atom is -0.493 e. The second kappa shape index (κ2) is 6.49. The summed E-state index contributed by atoms with van der Waals surface area (Å²) in [7, 11) is 1.48. The maximum atomic E-state index is 12.2. The number of rotatable bonds is 5. The fourth-order valence-electron chi connectivity index (χ4n) is 2.38. The van der Waals surface area contributed by atoms with E-state index in [0.29, 0.717) is 28.4 Å². The van der Waals surface area contributed by atoms with E-state index in [1.807, 2.05) is 0 Å². The molecule has 3 rings (SSSR count). The Kier molecular flexibility index (Phi) is 4.24. The molecular weight excluding hydrogens is 312 g/mol. The van der Waals surface area contributed by atoms with Gasteiger partial charge in [0.2, 0.25) is 0 Å². The number of nitrogens with two attached hydrogens (primary N) is 1. The van der Waals surface area contributed by atoms with Gasteiger partial charge in [-0.2, -0.15) is 0 Å². The number of benzene rings is 2. The molecule has 0 aliphatic carbocycles. The van der Waals surface area contributed by atoms with E-state index in [0.717, 1.165) is 0 Å². The maximum Gasteiger partial charge on any atom is 0.258 e. The van der Waals surface area contributed by atoms with E-state index in [2.05, 4.69) is 5.32 Å². The van der Waals surface area contributed by atoms with Crippen LogP contribution in [-0.2, 0) is 4.79 Å². The average molecular weight is 328 g/mol. The van der Waals surface area contributed by atoms with Gasteiger partial charge in [0.25, 0.3) is 11.8 Å². The van der Waals surface area contributed by atoms with Crippen LogP contribution in [0.25, 0.3) is 0 Å². The third kappa shape index (κ3) is 3.10. The van der Waals surface area contributed by atoms with Crippen molar-refractivity contribution in [1.82, 2.24) is 5.32 Å². The number of primary amides is 1. The zero-order valence-electron chi connectivity index (χ0n) is 12.9. The third-order valence-electron chi connectivity index (χ3n) is 3.50. The highest BCUT2D eigenvalue weighted by molar-refractivity contribution is 5.98. The molecule has 1 atom stereocenters. The molecule has 0 radical (unpaired) electrons. The number of methoxy groups -OCH3 is 1. The third-order valence-corrected chi connectivity index (χ3v) is 3.50. The van der Waals surface area contributed by atoms with Gasteiger partial charge in [-0.1, -0.05) is 12.1 Å². The van der Waals surface area contributed by atoms with Crippen LogP contribution in [0.15, 0.2) is 42.5 Å². The van der Waals surface area contributed by atoms with E-state index >= 15 is 0 Å².